The van der Waals surface area contributed by atoms with Gasteiger partial charge >= 0.3 is 0 Å². The summed E-state index contributed by atoms with van der Waals surface area (Å²) in [6.07, 6.45) is 1.08. The van der Waals surface area contributed by atoms with E-state index in [-0.39, 0.29) is 5.54 Å². The highest BCUT2D eigenvalue weighted by Crippen LogP contribution is 2.28. The minimum Gasteiger partial charge on any atom is -0.312 e. The molecule has 0 saturated heterocycles. The Kier molecular flexibility index (Phi) is 7.01. The van der Waals surface area contributed by atoms with Crippen molar-refractivity contribution in [3.05, 3.63) is 20.8 Å². The van der Waals surface area contributed by atoms with Crippen LogP contribution in [-0.2, 0) is 6.42 Å². The maximum Gasteiger partial charge on any atom is 0.0314 e. The van der Waals surface area contributed by atoms with Crippen molar-refractivity contribution >= 4 is 27.3 Å². The summed E-state index contributed by atoms with van der Waals surface area (Å²) in [5, 5.41) is 5.84. The van der Waals surface area contributed by atoms with Crippen molar-refractivity contribution in [1.82, 2.24) is 10.2 Å². The van der Waals surface area contributed by atoms with E-state index in [0.29, 0.717) is 6.04 Å². The minimum atomic E-state index is 0.156. The van der Waals surface area contributed by atoms with Crippen LogP contribution in [0.4, 0.5) is 0 Å². The summed E-state index contributed by atoms with van der Waals surface area (Å²) in [4.78, 5) is 3.98. The van der Waals surface area contributed by atoms with Crippen LogP contribution in [0.3, 0.4) is 0 Å². The van der Waals surface area contributed by atoms with Crippen LogP contribution < -0.4 is 5.32 Å². The van der Waals surface area contributed by atoms with Gasteiger partial charge in [-0.25, -0.2) is 0 Å². The molecule has 0 aliphatic carbocycles. The zero-order valence-electron chi connectivity index (χ0n) is 12.8. The van der Waals surface area contributed by atoms with Gasteiger partial charge in [-0.3, -0.25) is 4.90 Å². The molecule has 2 nitrogen and oxygen atoms in total. The summed E-state index contributed by atoms with van der Waals surface area (Å²) in [5.74, 6) is 0. The summed E-state index contributed by atoms with van der Waals surface area (Å²) >= 11 is 5.49. The summed E-state index contributed by atoms with van der Waals surface area (Å²) < 4.78 is 1.25. The van der Waals surface area contributed by atoms with Crippen molar-refractivity contribution < 1.29 is 0 Å². The smallest absolute Gasteiger partial charge is 0.0314 e. The van der Waals surface area contributed by atoms with Crippen molar-refractivity contribution in [2.45, 2.75) is 52.6 Å². The lowest BCUT2D eigenvalue weighted by atomic mass is 9.89. The van der Waals surface area contributed by atoms with Crippen LogP contribution in [0.1, 0.15) is 39.5 Å². The fourth-order valence-corrected chi connectivity index (χ4v) is 4.29. The average Bonchev–Trinajstić information content (AvgIpc) is 2.75. The molecule has 0 saturated carbocycles. The molecule has 0 spiro atoms. The van der Waals surface area contributed by atoms with Crippen molar-refractivity contribution in [1.29, 1.82) is 0 Å². The molecule has 0 radical (unpaired) electrons. The first-order chi connectivity index (χ1) is 8.97. The van der Waals surface area contributed by atoms with Crippen LogP contribution in [0.15, 0.2) is 15.9 Å². The van der Waals surface area contributed by atoms with Gasteiger partial charge in [-0.15, -0.1) is 11.3 Å². The SMILES string of the molecule is CCNC(Cc1sccc1Br)C(C)(C)N(CC)CC. The van der Waals surface area contributed by atoms with Gasteiger partial charge in [0.1, 0.15) is 0 Å². The second-order valence-electron chi connectivity index (χ2n) is 5.33. The van der Waals surface area contributed by atoms with E-state index in [1.54, 1.807) is 0 Å². The molecule has 1 rings (SSSR count). The van der Waals surface area contributed by atoms with Crippen LogP contribution in [0.25, 0.3) is 0 Å². The Morgan fingerprint density at radius 3 is 2.37 bits per heavy atom. The third-order valence-corrected chi connectivity index (χ3v) is 5.91. The maximum absolute atomic E-state index is 3.68. The molecule has 110 valence electrons. The first-order valence-corrected chi connectivity index (χ1v) is 8.84. The standard InChI is InChI=1S/C15H27BrN2S/c1-6-17-14(11-13-12(16)9-10-19-13)15(4,5)18(7-2)8-3/h9-10,14,17H,6-8,11H2,1-5H3. The predicted molar refractivity (Wildman–Crippen MR) is 90.2 cm³/mol. The fourth-order valence-electron chi connectivity index (χ4n) is 2.73. The van der Waals surface area contributed by atoms with Crippen molar-refractivity contribution in [2.24, 2.45) is 0 Å². The van der Waals surface area contributed by atoms with Gasteiger partial charge in [0.05, 0.1) is 0 Å². The first-order valence-electron chi connectivity index (χ1n) is 7.17. The highest BCUT2D eigenvalue weighted by molar-refractivity contribution is 9.10. The monoisotopic (exact) mass is 346 g/mol. The van der Waals surface area contributed by atoms with Crippen LogP contribution in [0, 0.1) is 0 Å². The molecule has 19 heavy (non-hydrogen) atoms. The van der Waals surface area contributed by atoms with Crippen LogP contribution in [0.2, 0.25) is 0 Å². The Balaban J connectivity index is 2.89. The Labute approximate surface area is 130 Å². The Hall–Kier alpha value is 0.1000. The van der Waals surface area contributed by atoms with Crippen LogP contribution in [-0.4, -0.2) is 36.1 Å². The Morgan fingerprint density at radius 1 is 1.32 bits per heavy atom. The largest absolute Gasteiger partial charge is 0.312 e. The molecule has 1 heterocycles. The van der Waals surface area contributed by atoms with Crippen molar-refractivity contribution in [3.63, 3.8) is 0 Å². The fraction of sp³-hybridized carbons (Fsp3) is 0.733. The lowest BCUT2D eigenvalue weighted by Gasteiger charge is -2.44. The Bertz CT molecular complexity index is 372. The van der Waals surface area contributed by atoms with Gasteiger partial charge in [-0.2, -0.15) is 0 Å². The normalized spacial score (nSPS) is 14.1. The average molecular weight is 347 g/mol. The van der Waals surface area contributed by atoms with Crippen molar-refractivity contribution in [2.75, 3.05) is 19.6 Å². The van der Waals surface area contributed by atoms with Gasteiger partial charge in [-0.1, -0.05) is 20.8 Å². The number of nitrogens with zero attached hydrogens (tertiary/aromatic N) is 1. The number of hydrogen-bond donors (Lipinski definition) is 1. The molecule has 1 N–H and O–H groups in total. The molecule has 4 heteroatoms. The van der Waals surface area contributed by atoms with Crippen LogP contribution >= 0.6 is 27.3 Å². The number of thiophene rings is 1. The summed E-state index contributed by atoms with van der Waals surface area (Å²) in [5.41, 5.74) is 0.156. The number of rotatable bonds is 8. The zero-order valence-corrected chi connectivity index (χ0v) is 15.2. The molecular weight excluding hydrogens is 320 g/mol. The van der Waals surface area contributed by atoms with E-state index in [1.807, 2.05) is 11.3 Å². The van der Waals surface area contributed by atoms with Gasteiger partial charge < -0.3 is 5.32 Å². The van der Waals surface area contributed by atoms with E-state index in [9.17, 15) is 0 Å². The molecule has 0 aliphatic heterocycles. The third kappa shape index (κ3) is 4.28. The van der Waals surface area contributed by atoms with E-state index < -0.39 is 0 Å². The van der Waals surface area contributed by atoms with Gasteiger partial charge in [0, 0.05) is 20.9 Å². The first kappa shape index (κ1) is 17.2. The van der Waals surface area contributed by atoms with Gasteiger partial charge in [0.25, 0.3) is 0 Å². The summed E-state index contributed by atoms with van der Waals surface area (Å²) in [6, 6.07) is 2.61. The number of hydrogen-bond acceptors (Lipinski definition) is 3. The van der Waals surface area contributed by atoms with E-state index in [4.69, 9.17) is 0 Å². The second kappa shape index (κ2) is 7.77. The molecule has 1 atom stereocenters. The molecule has 1 aromatic heterocycles. The lowest BCUT2D eigenvalue weighted by molar-refractivity contribution is 0.0921. The Morgan fingerprint density at radius 2 is 1.95 bits per heavy atom. The van der Waals surface area contributed by atoms with Gasteiger partial charge in [0.2, 0.25) is 0 Å². The quantitative estimate of drug-likeness (QED) is 0.760. The zero-order chi connectivity index (χ0) is 14.5. The molecule has 0 aromatic carbocycles. The molecule has 0 bridgehead atoms. The van der Waals surface area contributed by atoms with Crippen LogP contribution in [0.5, 0.6) is 0 Å². The number of nitrogens with one attached hydrogen (secondary N) is 1. The maximum atomic E-state index is 3.68. The topological polar surface area (TPSA) is 15.3 Å². The molecule has 0 fully saturated rings. The second-order valence-corrected chi connectivity index (χ2v) is 7.19. The van der Waals surface area contributed by atoms with Gasteiger partial charge in [-0.05, 0) is 67.3 Å². The molecule has 1 unspecified atom stereocenters. The number of halogens is 1. The van der Waals surface area contributed by atoms with E-state index in [1.165, 1.54) is 9.35 Å². The summed E-state index contributed by atoms with van der Waals surface area (Å²) in [6.45, 7) is 14.6. The predicted octanol–water partition coefficient (Wildman–Crippen LogP) is 4.15. The lowest BCUT2D eigenvalue weighted by Crippen LogP contribution is -2.58. The molecule has 0 aliphatic rings. The van der Waals surface area contributed by atoms with E-state index >= 15 is 0 Å². The summed E-state index contributed by atoms with van der Waals surface area (Å²) in [7, 11) is 0. The van der Waals surface area contributed by atoms with E-state index in [2.05, 4.69) is 72.2 Å². The van der Waals surface area contributed by atoms with Gasteiger partial charge in [0.15, 0.2) is 0 Å². The third-order valence-electron chi connectivity index (χ3n) is 3.96. The van der Waals surface area contributed by atoms with E-state index in [0.717, 1.165) is 26.1 Å². The van der Waals surface area contributed by atoms with Crippen molar-refractivity contribution in [3.8, 4) is 0 Å². The highest BCUT2D eigenvalue weighted by Gasteiger charge is 2.33. The number of likely N-dealkylation sites (N-methyl/N-ethyl adjacent to an activating group) is 2. The minimum absolute atomic E-state index is 0.156. The highest BCUT2D eigenvalue weighted by atomic mass is 79.9. The molecular formula is C15H27BrN2S. The molecule has 0 amide bonds. The molecule has 1 aromatic rings.